The van der Waals surface area contributed by atoms with Crippen molar-refractivity contribution in [3.63, 3.8) is 0 Å². The van der Waals surface area contributed by atoms with Gasteiger partial charge in [0.05, 0.1) is 24.7 Å². The van der Waals surface area contributed by atoms with Gasteiger partial charge in [0, 0.05) is 17.1 Å². The fourth-order valence-corrected chi connectivity index (χ4v) is 2.52. The highest BCUT2D eigenvalue weighted by Gasteiger charge is 2.09. The third-order valence-electron chi connectivity index (χ3n) is 3.74. The van der Waals surface area contributed by atoms with Crippen molar-refractivity contribution in [3.8, 4) is 17.0 Å². The van der Waals surface area contributed by atoms with Crippen molar-refractivity contribution >= 4 is 17.5 Å². The van der Waals surface area contributed by atoms with E-state index in [4.69, 9.17) is 16.3 Å². The third-order valence-corrected chi connectivity index (χ3v) is 3.99. The summed E-state index contributed by atoms with van der Waals surface area (Å²) >= 11 is 5.85. The smallest absolute Gasteiger partial charge is 0.285 e. The molecule has 6 nitrogen and oxygen atoms in total. The fourth-order valence-electron chi connectivity index (χ4n) is 2.40. The van der Waals surface area contributed by atoms with Crippen LogP contribution in [0.25, 0.3) is 11.3 Å². The molecular weight excluding hydrogens is 364 g/mol. The fraction of sp³-hybridized carbons (Fsp3) is 0.150. The second kappa shape index (κ2) is 9.12. The number of halogens is 1. The van der Waals surface area contributed by atoms with Gasteiger partial charge in [0.15, 0.2) is 0 Å². The maximum atomic E-state index is 12.3. The molecule has 0 aliphatic carbocycles. The van der Waals surface area contributed by atoms with Crippen molar-refractivity contribution < 1.29 is 9.53 Å². The van der Waals surface area contributed by atoms with Crippen LogP contribution in [0.4, 0.5) is 0 Å². The standard InChI is InChI=1S/C20H19ClN4O2/c1-2-27-17-9-5-15(6-10-17)18-12-22-13-19(24-18)20(26)25-23-11-14-3-7-16(21)8-4-14/h3-10,12-13,23H,2,11H2,1H3,(H,25,26). The van der Waals surface area contributed by atoms with E-state index in [9.17, 15) is 4.79 Å². The zero-order valence-electron chi connectivity index (χ0n) is 14.8. The summed E-state index contributed by atoms with van der Waals surface area (Å²) < 4.78 is 5.43. The number of nitrogens with zero attached hydrogens (tertiary/aromatic N) is 2. The zero-order valence-corrected chi connectivity index (χ0v) is 15.5. The Kier molecular flexibility index (Phi) is 6.35. The van der Waals surface area contributed by atoms with Crippen molar-refractivity contribution in [2.45, 2.75) is 13.5 Å². The number of aromatic nitrogens is 2. The van der Waals surface area contributed by atoms with Gasteiger partial charge in [-0.05, 0) is 48.9 Å². The van der Waals surface area contributed by atoms with E-state index in [1.54, 1.807) is 18.3 Å². The Morgan fingerprint density at radius 2 is 1.81 bits per heavy atom. The monoisotopic (exact) mass is 382 g/mol. The van der Waals surface area contributed by atoms with Gasteiger partial charge >= 0.3 is 0 Å². The van der Waals surface area contributed by atoms with Crippen LogP contribution in [0, 0.1) is 0 Å². The zero-order chi connectivity index (χ0) is 19.1. The lowest BCUT2D eigenvalue weighted by Crippen LogP contribution is -2.37. The Bertz CT molecular complexity index is 899. The lowest BCUT2D eigenvalue weighted by molar-refractivity contribution is 0.0927. The molecule has 2 N–H and O–H groups in total. The minimum atomic E-state index is -0.357. The number of ether oxygens (including phenoxy) is 1. The van der Waals surface area contributed by atoms with E-state index >= 15 is 0 Å². The molecule has 1 aromatic heterocycles. The second-order valence-electron chi connectivity index (χ2n) is 5.68. The molecule has 1 amide bonds. The van der Waals surface area contributed by atoms with Gasteiger partial charge in [0.25, 0.3) is 5.91 Å². The number of nitrogens with one attached hydrogen (secondary N) is 2. The van der Waals surface area contributed by atoms with Crippen LogP contribution in [0.15, 0.2) is 60.9 Å². The van der Waals surface area contributed by atoms with Crippen LogP contribution in [0.2, 0.25) is 5.02 Å². The van der Waals surface area contributed by atoms with Crippen molar-refractivity contribution in [2.75, 3.05) is 6.61 Å². The molecule has 3 aromatic rings. The molecule has 7 heteroatoms. The lowest BCUT2D eigenvalue weighted by Gasteiger charge is -2.08. The van der Waals surface area contributed by atoms with Crippen LogP contribution in [-0.4, -0.2) is 22.5 Å². The van der Waals surface area contributed by atoms with Gasteiger partial charge in [0.2, 0.25) is 0 Å². The van der Waals surface area contributed by atoms with Gasteiger partial charge in [-0.2, -0.15) is 0 Å². The normalized spacial score (nSPS) is 10.4. The first kappa shape index (κ1) is 18.8. The first-order valence-electron chi connectivity index (χ1n) is 8.48. The molecule has 2 aromatic carbocycles. The topological polar surface area (TPSA) is 76.1 Å². The number of rotatable bonds is 7. The minimum Gasteiger partial charge on any atom is -0.494 e. The predicted molar refractivity (Wildman–Crippen MR) is 104 cm³/mol. The van der Waals surface area contributed by atoms with E-state index in [2.05, 4.69) is 20.8 Å². The molecule has 0 radical (unpaired) electrons. The Hall–Kier alpha value is -2.96. The largest absolute Gasteiger partial charge is 0.494 e. The third kappa shape index (κ3) is 5.26. The van der Waals surface area contributed by atoms with Gasteiger partial charge in [0.1, 0.15) is 11.4 Å². The first-order valence-corrected chi connectivity index (χ1v) is 8.86. The molecule has 0 saturated carbocycles. The van der Waals surface area contributed by atoms with E-state index < -0.39 is 0 Å². The van der Waals surface area contributed by atoms with E-state index in [0.717, 1.165) is 16.9 Å². The average molecular weight is 383 g/mol. The number of carbonyl (C=O) groups is 1. The Balaban J connectivity index is 1.62. The second-order valence-corrected chi connectivity index (χ2v) is 6.12. The average Bonchev–Trinajstić information content (AvgIpc) is 2.70. The maximum absolute atomic E-state index is 12.3. The first-order chi connectivity index (χ1) is 13.2. The number of carbonyl (C=O) groups excluding carboxylic acids is 1. The number of hydrogen-bond donors (Lipinski definition) is 2. The Morgan fingerprint density at radius 1 is 1.07 bits per heavy atom. The maximum Gasteiger partial charge on any atom is 0.285 e. The molecule has 0 saturated heterocycles. The van der Waals surface area contributed by atoms with Gasteiger partial charge in [-0.15, -0.1) is 0 Å². The van der Waals surface area contributed by atoms with Crippen LogP contribution in [-0.2, 0) is 6.54 Å². The number of benzene rings is 2. The molecule has 1 heterocycles. The molecular formula is C20H19ClN4O2. The summed E-state index contributed by atoms with van der Waals surface area (Å²) in [4.78, 5) is 20.8. The molecule has 0 aliphatic heterocycles. The van der Waals surface area contributed by atoms with E-state index in [0.29, 0.717) is 23.9 Å². The molecule has 138 valence electrons. The SMILES string of the molecule is CCOc1ccc(-c2cncc(C(=O)NNCc3ccc(Cl)cc3)n2)cc1. The summed E-state index contributed by atoms with van der Waals surface area (Å²) in [6.45, 7) is 3.01. The molecule has 0 aliphatic rings. The van der Waals surface area contributed by atoms with Crippen molar-refractivity contribution in [2.24, 2.45) is 0 Å². The van der Waals surface area contributed by atoms with Crippen molar-refractivity contribution in [3.05, 3.63) is 77.2 Å². The summed E-state index contributed by atoms with van der Waals surface area (Å²) in [5.41, 5.74) is 8.19. The molecule has 0 spiro atoms. The molecule has 27 heavy (non-hydrogen) atoms. The van der Waals surface area contributed by atoms with Crippen LogP contribution in [0.1, 0.15) is 23.0 Å². The van der Waals surface area contributed by atoms with E-state index in [1.165, 1.54) is 6.20 Å². The summed E-state index contributed by atoms with van der Waals surface area (Å²) in [5, 5.41) is 0.671. The molecule has 0 bridgehead atoms. The Morgan fingerprint density at radius 3 is 2.52 bits per heavy atom. The van der Waals surface area contributed by atoms with Gasteiger partial charge < -0.3 is 4.74 Å². The van der Waals surface area contributed by atoms with Gasteiger partial charge in [-0.25, -0.2) is 10.4 Å². The molecule has 0 atom stereocenters. The summed E-state index contributed by atoms with van der Waals surface area (Å²) in [5.74, 6) is 0.429. The van der Waals surface area contributed by atoms with Crippen LogP contribution >= 0.6 is 11.6 Å². The highest BCUT2D eigenvalue weighted by molar-refractivity contribution is 6.30. The van der Waals surface area contributed by atoms with Crippen molar-refractivity contribution in [1.82, 2.24) is 20.8 Å². The number of hydrazine groups is 1. The molecule has 0 unspecified atom stereocenters. The lowest BCUT2D eigenvalue weighted by atomic mass is 10.1. The van der Waals surface area contributed by atoms with Crippen molar-refractivity contribution in [1.29, 1.82) is 0 Å². The molecule has 3 rings (SSSR count). The quantitative estimate of drug-likeness (QED) is 0.610. The highest BCUT2D eigenvalue weighted by atomic mass is 35.5. The molecule has 0 fully saturated rings. The summed E-state index contributed by atoms with van der Waals surface area (Å²) in [7, 11) is 0. The van der Waals surface area contributed by atoms with E-state index in [1.807, 2.05) is 43.3 Å². The van der Waals surface area contributed by atoms with Crippen LogP contribution < -0.4 is 15.6 Å². The minimum absolute atomic E-state index is 0.227. The van der Waals surface area contributed by atoms with Crippen LogP contribution in [0.3, 0.4) is 0 Å². The van der Waals surface area contributed by atoms with Crippen LogP contribution in [0.5, 0.6) is 5.75 Å². The van der Waals surface area contributed by atoms with Gasteiger partial charge in [-0.3, -0.25) is 15.2 Å². The van der Waals surface area contributed by atoms with E-state index in [-0.39, 0.29) is 11.6 Å². The summed E-state index contributed by atoms with van der Waals surface area (Å²) in [6, 6.07) is 14.9. The Labute approximate surface area is 162 Å². The van der Waals surface area contributed by atoms with Gasteiger partial charge in [-0.1, -0.05) is 23.7 Å². The summed E-state index contributed by atoms with van der Waals surface area (Å²) in [6.07, 6.45) is 3.05. The number of amides is 1. The predicted octanol–water partition coefficient (Wildman–Crippen LogP) is 3.63. The highest BCUT2D eigenvalue weighted by Crippen LogP contribution is 2.20. The number of hydrogen-bond acceptors (Lipinski definition) is 5.